The maximum absolute atomic E-state index is 5.66. The monoisotopic (exact) mass is 561 g/mol. The number of nitrogens with zero attached hydrogens (tertiary/aromatic N) is 6. The summed E-state index contributed by atoms with van der Waals surface area (Å²) in [5.41, 5.74) is 7.52. The zero-order chi connectivity index (χ0) is 28.5. The SMILES string of the molecule is Cc1cccc(N2CCN(CCCNc3ncnc4c3nc(-c3ccccc3)n4-c3ccc4c(c3)OCO4)CC2)c1C. The molecule has 1 N–H and O–H groups in total. The summed E-state index contributed by atoms with van der Waals surface area (Å²) in [6, 6.07) is 22.7. The van der Waals surface area contributed by atoms with Gasteiger partial charge < -0.3 is 19.7 Å². The Morgan fingerprint density at radius 2 is 1.69 bits per heavy atom. The third-order valence-electron chi connectivity index (χ3n) is 8.32. The number of imidazole rings is 1. The summed E-state index contributed by atoms with van der Waals surface area (Å²) >= 11 is 0. The van der Waals surface area contributed by atoms with Crippen LogP contribution in [0.3, 0.4) is 0 Å². The zero-order valence-corrected chi connectivity index (χ0v) is 24.1. The Morgan fingerprint density at radius 3 is 2.55 bits per heavy atom. The number of anilines is 2. The minimum Gasteiger partial charge on any atom is -0.454 e. The first-order valence-corrected chi connectivity index (χ1v) is 14.6. The number of hydrogen-bond acceptors (Lipinski definition) is 8. The molecule has 7 rings (SSSR count). The Bertz CT molecular complexity index is 1710. The van der Waals surface area contributed by atoms with E-state index in [1.54, 1.807) is 6.33 Å². The summed E-state index contributed by atoms with van der Waals surface area (Å²) in [6.45, 7) is 10.8. The molecule has 0 saturated carbocycles. The molecule has 0 spiro atoms. The number of fused-ring (bicyclic) bond motifs is 2. The molecule has 9 nitrogen and oxygen atoms in total. The third kappa shape index (κ3) is 5.00. The number of nitrogens with one attached hydrogen (secondary N) is 1. The maximum Gasteiger partial charge on any atom is 0.231 e. The van der Waals surface area contributed by atoms with Gasteiger partial charge in [0, 0.05) is 50.0 Å². The van der Waals surface area contributed by atoms with Gasteiger partial charge in [-0.25, -0.2) is 15.0 Å². The van der Waals surface area contributed by atoms with Crippen molar-refractivity contribution >= 4 is 22.7 Å². The highest BCUT2D eigenvalue weighted by atomic mass is 16.7. The van der Waals surface area contributed by atoms with Crippen LogP contribution in [0.25, 0.3) is 28.2 Å². The van der Waals surface area contributed by atoms with Crippen LogP contribution in [0.5, 0.6) is 11.5 Å². The zero-order valence-electron chi connectivity index (χ0n) is 24.1. The fourth-order valence-electron chi connectivity index (χ4n) is 5.87. The molecule has 0 atom stereocenters. The Balaban J connectivity index is 1.06. The van der Waals surface area contributed by atoms with Gasteiger partial charge in [-0.1, -0.05) is 42.5 Å². The predicted molar refractivity (Wildman–Crippen MR) is 166 cm³/mol. The smallest absolute Gasteiger partial charge is 0.231 e. The van der Waals surface area contributed by atoms with Crippen molar-refractivity contribution in [3.05, 3.63) is 84.2 Å². The van der Waals surface area contributed by atoms with Crippen LogP contribution in [-0.2, 0) is 0 Å². The van der Waals surface area contributed by atoms with E-state index in [2.05, 4.69) is 73.8 Å². The lowest BCUT2D eigenvalue weighted by Crippen LogP contribution is -2.47. The van der Waals surface area contributed by atoms with Crippen LogP contribution < -0.4 is 19.7 Å². The van der Waals surface area contributed by atoms with Gasteiger partial charge in [-0.15, -0.1) is 0 Å². The standard InChI is InChI=1S/C33H35N7O2/c1-23-8-6-11-27(24(23)2)39-18-16-38(17-19-39)15-7-14-34-31-30-33(36-21-35-31)40(32(37-30)25-9-4-3-5-10-25)26-12-13-28-29(20-26)42-22-41-28/h3-6,8-13,20-21H,7,14-19,22H2,1-2H3,(H,34,35,36). The molecule has 214 valence electrons. The fourth-order valence-corrected chi connectivity index (χ4v) is 5.87. The molecule has 9 heteroatoms. The number of hydrogen-bond donors (Lipinski definition) is 1. The molecule has 0 amide bonds. The van der Waals surface area contributed by atoms with Crippen LogP contribution in [-0.4, -0.2) is 70.5 Å². The molecule has 2 aromatic heterocycles. The minimum absolute atomic E-state index is 0.229. The topological polar surface area (TPSA) is 80.6 Å². The molecule has 2 aliphatic heterocycles. The van der Waals surface area contributed by atoms with Crippen LogP contribution in [0, 0.1) is 13.8 Å². The molecule has 4 heterocycles. The van der Waals surface area contributed by atoms with Gasteiger partial charge in [0.2, 0.25) is 6.79 Å². The first-order chi connectivity index (χ1) is 20.7. The lowest BCUT2D eigenvalue weighted by Gasteiger charge is -2.37. The number of aryl methyl sites for hydroxylation is 1. The summed E-state index contributed by atoms with van der Waals surface area (Å²) < 4.78 is 13.3. The van der Waals surface area contributed by atoms with Gasteiger partial charge in [0.15, 0.2) is 28.5 Å². The number of rotatable bonds is 8. The summed E-state index contributed by atoms with van der Waals surface area (Å²) in [6.07, 6.45) is 2.63. The average molecular weight is 562 g/mol. The molecule has 3 aromatic carbocycles. The summed E-state index contributed by atoms with van der Waals surface area (Å²) in [7, 11) is 0. The van der Waals surface area contributed by atoms with E-state index >= 15 is 0 Å². The Hall–Kier alpha value is -4.63. The Kier molecular flexibility index (Phi) is 7.09. The van der Waals surface area contributed by atoms with E-state index < -0.39 is 0 Å². The Morgan fingerprint density at radius 1 is 0.857 bits per heavy atom. The van der Waals surface area contributed by atoms with E-state index in [0.29, 0.717) is 0 Å². The van der Waals surface area contributed by atoms with Crippen LogP contribution >= 0.6 is 0 Å². The molecule has 1 saturated heterocycles. The minimum atomic E-state index is 0.229. The molecule has 0 bridgehead atoms. The fraction of sp³-hybridized carbons (Fsp3) is 0.303. The van der Waals surface area contributed by atoms with Gasteiger partial charge in [-0.05, 0) is 56.1 Å². The van der Waals surface area contributed by atoms with E-state index in [-0.39, 0.29) is 6.79 Å². The summed E-state index contributed by atoms with van der Waals surface area (Å²) in [4.78, 5) is 19.4. The summed E-state index contributed by atoms with van der Waals surface area (Å²) in [5.74, 6) is 3.01. The predicted octanol–water partition coefficient (Wildman–Crippen LogP) is 5.45. The first kappa shape index (κ1) is 26.3. The van der Waals surface area contributed by atoms with E-state index in [9.17, 15) is 0 Å². The van der Waals surface area contributed by atoms with E-state index in [4.69, 9.17) is 14.5 Å². The van der Waals surface area contributed by atoms with Gasteiger partial charge in [0.1, 0.15) is 12.2 Å². The lowest BCUT2D eigenvalue weighted by molar-refractivity contribution is 0.174. The second-order valence-corrected chi connectivity index (χ2v) is 10.9. The molecule has 2 aliphatic rings. The largest absolute Gasteiger partial charge is 0.454 e. The third-order valence-corrected chi connectivity index (χ3v) is 8.32. The highest BCUT2D eigenvalue weighted by Crippen LogP contribution is 2.37. The molecule has 0 unspecified atom stereocenters. The molecule has 1 fully saturated rings. The van der Waals surface area contributed by atoms with Crippen molar-refractivity contribution in [1.82, 2.24) is 24.4 Å². The van der Waals surface area contributed by atoms with E-state index in [1.807, 2.05) is 36.4 Å². The number of benzene rings is 3. The van der Waals surface area contributed by atoms with Crippen molar-refractivity contribution in [2.24, 2.45) is 0 Å². The van der Waals surface area contributed by atoms with E-state index in [1.165, 1.54) is 16.8 Å². The second kappa shape index (κ2) is 11.3. The van der Waals surface area contributed by atoms with Crippen LogP contribution in [0.2, 0.25) is 0 Å². The Labute approximate surface area is 245 Å². The van der Waals surface area contributed by atoms with Gasteiger partial charge in [0.25, 0.3) is 0 Å². The van der Waals surface area contributed by atoms with Gasteiger partial charge in [-0.2, -0.15) is 0 Å². The highest BCUT2D eigenvalue weighted by molar-refractivity contribution is 5.88. The normalized spacial score (nSPS) is 15.0. The number of piperazine rings is 1. The van der Waals surface area contributed by atoms with Crippen LogP contribution in [0.1, 0.15) is 17.5 Å². The molecular weight excluding hydrogens is 526 g/mol. The van der Waals surface area contributed by atoms with Gasteiger partial charge >= 0.3 is 0 Å². The van der Waals surface area contributed by atoms with Crippen LogP contribution in [0.15, 0.2) is 73.1 Å². The second-order valence-electron chi connectivity index (χ2n) is 10.9. The first-order valence-electron chi connectivity index (χ1n) is 14.6. The van der Waals surface area contributed by atoms with E-state index in [0.717, 1.165) is 91.2 Å². The molecule has 5 aromatic rings. The van der Waals surface area contributed by atoms with Crippen LogP contribution in [0.4, 0.5) is 11.5 Å². The molecule has 42 heavy (non-hydrogen) atoms. The number of ether oxygens (including phenoxy) is 2. The van der Waals surface area contributed by atoms with Gasteiger partial charge in [-0.3, -0.25) is 9.47 Å². The van der Waals surface area contributed by atoms with Gasteiger partial charge in [0.05, 0.1) is 5.69 Å². The van der Waals surface area contributed by atoms with Crippen molar-refractivity contribution in [3.63, 3.8) is 0 Å². The number of aromatic nitrogens is 4. The van der Waals surface area contributed by atoms with Crippen molar-refractivity contribution in [1.29, 1.82) is 0 Å². The molecular formula is C33H35N7O2. The van der Waals surface area contributed by atoms with Crippen molar-refractivity contribution < 1.29 is 9.47 Å². The average Bonchev–Trinajstić information content (AvgIpc) is 3.66. The maximum atomic E-state index is 5.66. The van der Waals surface area contributed by atoms with Crippen molar-refractivity contribution in [3.8, 4) is 28.6 Å². The van der Waals surface area contributed by atoms with Crippen molar-refractivity contribution in [2.45, 2.75) is 20.3 Å². The highest BCUT2D eigenvalue weighted by Gasteiger charge is 2.22. The van der Waals surface area contributed by atoms with Crippen molar-refractivity contribution in [2.75, 3.05) is 56.3 Å². The quantitative estimate of drug-likeness (QED) is 0.251. The summed E-state index contributed by atoms with van der Waals surface area (Å²) in [5, 5.41) is 3.55. The molecule has 0 radical (unpaired) electrons. The molecule has 0 aliphatic carbocycles. The lowest BCUT2D eigenvalue weighted by atomic mass is 10.1.